The molecule has 1 atom stereocenters. The molecule has 0 aromatic heterocycles. The summed E-state index contributed by atoms with van der Waals surface area (Å²) in [5.41, 5.74) is 7.99. The number of nitrogens with two attached hydrogens (primary N) is 1. The minimum atomic E-state index is 0. The summed E-state index contributed by atoms with van der Waals surface area (Å²) < 4.78 is 11.0. The monoisotopic (exact) mass is 425 g/mol. The second kappa shape index (κ2) is 8.05. The third-order valence-electron chi connectivity index (χ3n) is 3.52. The van der Waals surface area contributed by atoms with Crippen molar-refractivity contribution in [3.8, 4) is 11.5 Å². The lowest BCUT2D eigenvalue weighted by Crippen LogP contribution is -2.26. The molecule has 0 bridgehead atoms. The SMILES string of the molecule is COc1cccc(NC(N)=NCC2Cc3ccccc3O2)c1.I. The number of aliphatic imine (C=N–C) groups is 1. The van der Waals surface area contributed by atoms with Gasteiger partial charge < -0.3 is 20.5 Å². The van der Waals surface area contributed by atoms with E-state index < -0.39 is 0 Å². The van der Waals surface area contributed by atoms with Gasteiger partial charge in [0.15, 0.2) is 5.96 Å². The maximum absolute atomic E-state index is 5.92. The minimum Gasteiger partial charge on any atom is -0.497 e. The number of hydrogen-bond donors (Lipinski definition) is 2. The molecule has 3 N–H and O–H groups in total. The first-order chi connectivity index (χ1) is 10.7. The molecule has 2 aromatic carbocycles. The molecule has 1 unspecified atom stereocenters. The topological polar surface area (TPSA) is 68.9 Å². The fourth-order valence-electron chi connectivity index (χ4n) is 2.44. The highest BCUT2D eigenvalue weighted by molar-refractivity contribution is 14.0. The number of methoxy groups -OCH3 is 1. The molecule has 1 aliphatic heterocycles. The van der Waals surface area contributed by atoms with Crippen LogP contribution in [-0.2, 0) is 6.42 Å². The number of guanidine groups is 1. The highest BCUT2D eigenvalue weighted by Gasteiger charge is 2.21. The normalized spacial score (nSPS) is 16.0. The average Bonchev–Trinajstić information content (AvgIpc) is 2.96. The van der Waals surface area contributed by atoms with Crippen molar-refractivity contribution in [1.29, 1.82) is 0 Å². The van der Waals surface area contributed by atoms with Crippen LogP contribution in [0, 0.1) is 0 Å². The Morgan fingerprint density at radius 3 is 2.91 bits per heavy atom. The van der Waals surface area contributed by atoms with Crippen LogP contribution in [-0.4, -0.2) is 25.7 Å². The van der Waals surface area contributed by atoms with E-state index in [9.17, 15) is 0 Å². The molecule has 3 rings (SSSR count). The zero-order valence-electron chi connectivity index (χ0n) is 12.9. The van der Waals surface area contributed by atoms with Gasteiger partial charge in [0.05, 0.1) is 13.7 Å². The summed E-state index contributed by atoms with van der Waals surface area (Å²) >= 11 is 0. The second-order valence-electron chi connectivity index (χ2n) is 5.13. The van der Waals surface area contributed by atoms with Gasteiger partial charge >= 0.3 is 0 Å². The van der Waals surface area contributed by atoms with Gasteiger partial charge in [-0.2, -0.15) is 0 Å². The Hall–Kier alpha value is -1.96. The van der Waals surface area contributed by atoms with Crippen molar-refractivity contribution in [2.24, 2.45) is 10.7 Å². The van der Waals surface area contributed by atoms with Crippen LogP contribution in [0.1, 0.15) is 5.56 Å². The van der Waals surface area contributed by atoms with Crippen molar-refractivity contribution in [1.82, 2.24) is 0 Å². The van der Waals surface area contributed by atoms with Crippen LogP contribution in [0.5, 0.6) is 11.5 Å². The molecule has 0 spiro atoms. The maximum Gasteiger partial charge on any atom is 0.193 e. The summed E-state index contributed by atoms with van der Waals surface area (Å²) in [6.45, 7) is 0.525. The van der Waals surface area contributed by atoms with Gasteiger partial charge in [0.1, 0.15) is 17.6 Å². The van der Waals surface area contributed by atoms with Crippen LogP contribution in [0.25, 0.3) is 0 Å². The maximum atomic E-state index is 5.92. The van der Waals surface area contributed by atoms with E-state index >= 15 is 0 Å². The summed E-state index contributed by atoms with van der Waals surface area (Å²) in [4.78, 5) is 4.36. The van der Waals surface area contributed by atoms with Crippen LogP contribution >= 0.6 is 24.0 Å². The first kappa shape index (κ1) is 17.4. The number of anilines is 1. The van der Waals surface area contributed by atoms with Gasteiger partial charge in [-0.3, -0.25) is 0 Å². The number of benzene rings is 2. The van der Waals surface area contributed by atoms with Crippen LogP contribution in [0.3, 0.4) is 0 Å². The fraction of sp³-hybridized carbons (Fsp3) is 0.235. The smallest absolute Gasteiger partial charge is 0.193 e. The standard InChI is InChI=1S/C17H19N3O2.HI/c1-21-14-7-4-6-13(10-14)20-17(18)19-11-15-9-12-5-2-3-8-16(12)22-15;/h2-8,10,15H,9,11H2,1H3,(H3,18,19,20);1H. The first-order valence-corrected chi connectivity index (χ1v) is 7.20. The van der Waals surface area contributed by atoms with Gasteiger partial charge in [0.25, 0.3) is 0 Å². The second-order valence-corrected chi connectivity index (χ2v) is 5.13. The molecule has 6 heteroatoms. The summed E-state index contributed by atoms with van der Waals surface area (Å²) in [6.07, 6.45) is 0.912. The van der Waals surface area contributed by atoms with E-state index in [1.165, 1.54) is 5.56 Å². The molecule has 2 aromatic rings. The molecule has 0 fully saturated rings. The Labute approximate surface area is 152 Å². The molecule has 0 radical (unpaired) electrons. The van der Waals surface area contributed by atoms with E-state index in [4.69, 9.17) is 15.2 Å². The molecule has 5 nitrogen and oxygen atoms in total. The molecule has 1 heterocycles. The molecule has 0 saturated heterocycles. The molecular formula is C17H20IN3O2. The Balaban J connectivity index is 0.00000192. The number of hydrogen-bond acceptors (Lipinski definition) is 3. The summed E-state index contributed by atoms with van der Waals surface area (Å²) in [5, 5.41) is 3.05. The number of para-hydroxylation sites is 1. The van der Waals surface area contributed by atoms with Crippen molar-refractivity contribution >= 4 is 35.6 Å². The third kappa shape index (κ3) is 4.51. The van der Waals surface area contributed by atoms with Gasteiger partial charge in [0, 0.05) is 18.2 Å². The first-order valence-electron chi connectivity index (χ1n) is 7.20. The van der Waals surface area contributed by atoms with Crippen LogP contribution < -0.4 is 20.5 Å². The van der Waals surface area contributed by atoms with E-state index in [1.807, 2.05) is 42.5 Å². The van der Waals surface area contributed by atoms with Crippen LogP contribution in [0.15, 0.2) is 53.5 Å². The number of fused-ring (bicyclic) bond motifs is 1. The van der Waals surface area contributed by atoms with Crippen molar-refractivity contribution in [3.63, 3.8) is 0 Å². The summed E-state index contributed by atoms with van der Waals surface area (Å²) in [5.74, 6) is 2.09. The van der Waals surface area contributed by atoms with Gasteiger partial charge in [0.2, 0.25) is 0 Å². The quantitative estimate of drug-likeness (QED) is 0.449. The van der Waals surface area contributed by atoms with Crippen molar-refractivity contribution < 1.29 is 9.47 Å². The molecule has 122 valence electrons. The van der Waals surface area contributed by atoms with E-state index in [1.54, 1.807) is 7.11 Å². The Bertz CT molecular complexity index is 666. The van der Waals surface area contributed by atoms with Gasteiger partial charge in [-0.1, -0.05) is 24.3 Å². The molecule has 1 aliphatic rings. The van der Waals surface area contributed by atoms with Crippen molar-refractivity contribution in [2.45, 2.75) is 12.5 Å². The van der Waals surface area contributed by atoms with E-state index in [0.717, 1.165) is 23.6 Å². The Morgan fingerprint density at radius 1 is 1.30 bits per heavy atom. The highest BCUT2D eigenvalue weighted by atomic mass is 127. The lowest BCUT2D eigenvalue weighted by Gasteiger charge is -2.10. The summed E-state index contributed by atoms with van der Waals surface area (Å²) in [6, 6.07) is 15.6. The Kier molecular flexibility index (Phi) is 6.09. The van der Waals surface area contributed by atoms with E-state index in [0.29, 0.717) is 12.5 Å². The lowest BCUT2D eigenvalue weighted by molar-refractivity contribution is 0.242. The molecule has 23 heavy (non-hydrogen) atoms. The number of halogens is 1. The average molecular weight is 425 g/mol. The predicted molar refractivity (Wildman–Crippen MR) is 103 cm³/mol. The molecule has 0 aliphatic carbocycles. The van der Waals surface area contributed by atoms with Gasteiger partial charge in [-0.15, -0.1) is 24.0 Å². The number of rotatable bonds is 4. The van der Waals surface area contributed by atoms with Crippen LogP contribution in [0.4, 0.5) is 5.69 Å². The number of nitrogens with zero attached hydrogens (tertiary/aromatic N) is 1. The predicted octanol–water partition coefficient (Wildman–Crippen LogP) is 3.04. The van der Waals surface area contributed by atoms with Crippen molar-refractivity contribution in [2.75, 3.05) is 19.0 Å². The largest absolute Gasteiger partial charge is 0.497 e. The fourth-order valence-corrected chi connectivity index (χ4v) is 2.44. The zero-order chi connectivity index (χ0) is 15.4. The molecule has 0 amide bonds. The van der Waals surface area contributed by atoms with Crippen molar-refractivity contribution in [3.05, 3.63) is 54.1 Å². The molecule has 0 saturated carbocycles. The number of ether oxygens (including phenoxy) is 2. The lowest BCUT2D eigenvalue weighted by atomic mass is 10.1. The third-order valence-corrected chi connectivity index (χ3v) is 3.52. The van der Waals surface area contributed by atoms with E-state index in [-0.39, 0.29) is 30.1 Å². The van der Waals surface area contributed by atoms with Gasteiger partial charge in [-0.25, -0.2) is 4.99 Å². The summed E-state index contributed by atoms with van der Waals surface area (Å²) in [7, 11) is 1.63. The zero-order valence-corrected chi connectivity index (χ0v) is 15.2. The van der Waals surface area contributed by atoms with Crippen LogP contribution in [0.2, 0.25) is 0 Å². The number of nitrogens with one attached hydrogen (secondary N) is 1. The Morgan fingerprint density at radius 2 is 2.13 bits per heavy atom. The molecular weight excluding hydrogens is 405 g/mol. The van der Waals surface area contributed by atoms with Gasteiger partial charge in [-0.05, 0) is 23.8 Å². The highest BCUT2D eigenvalue weighted by Crippen LogP contribution is 2.28. The minimum absolute atomic E-state index is 0. The van der Waals surface area contributed by atoms with E-state index in [2.05, 4.69) is 16.4 Å².